The zero-order valence-electron chi connectivity index (χ0n) is 12.5. The number of aryl methyl sites for hydroxylation is 1. The third kappa shape index (κ3) is 4.19. The molecule has 20 heavy (non-hydrogen) atoms. The van der Waals surface area contributed by atoms with E-state index in [4.69, 9.17) is 10.5 Å². The quantitative estimate of drug-likeness (QED) is 0.741. The summed E-state index contributed by atoms with van der Waals surface area (Å²) in [6, 6.07) is -0.307. The molecule has 3 N–H and O–H groups in total. The molecule has 1 atom stereocenters. The van der Waals surface area contributed by atoms with Crippen LogP contribution in [0.4, 0.5) is 5.82 Å². The molecule has 0 spiro atoms. The van der Waals surface area contributed by atoms with Crippen molar-refractivity contribution in [3.8, 4) is 0 Å². The lowest BCUT2D eigenvalue weighted by atomic mass is 10.1. The lowest BCUT2D eigenvalue weighted by Crippen LogP contribution is -2.41. The SMILES string of the molecule is CCCn1cc(S(=O)(=O)NC(COC)C(C)C)c(N)n1. The van der Waals surface area contributed by atoms with Crippen LogP contribution >= 0.6 is 0 Å². The minimum atomic E-state index is -3.69. The summed E-state index contributed by atoms with van der Waals surface area (Å²) in [5.74, 6) is 0.127. The van der Waals surface area contributed by atoms with Gasteiger partial charge in [-0.2, -0.15) is 5.10 Å². The Hall–Kier alpha value is -1.12. The molecule has 0 aliphatic rings. The fourth-order valence-corrected chi connectivity index (χ4v) is 3.22. The van der Waals surface area contributed by atoms with Gasteiger partial charge in [-0.1, -0.05) is 20.8 Å². The Morgan fingerprint density at radius 3 is 2.65 bits per heavy atom. The van der Waals surface area contributed by atoms with E-state index in [9.17, 15) is 8.42 Å². The van der Waals surface area contributed by atoms with Gasteiger partial charge in [0.05, 0.1) is 6.61 Å². The molecule has 1 unspecified atom stereocenters. The van der Waals surface area contributed by atoms with Gasteiger partial charge in [-0.25, -0.2) is 13.1 Å². The highest BCUT2D eigenvalue weighted by Gasteiger charge is 2.26. The van der Waals surface area contributed by atoms with Crippen molar-refractivity contribution >= 4 is 15.8 Å². The molecule has 0 radical (unpaired) electrons. The summed E-state index contributed by atoms with van der Waals surface area (Å²) in [4.78, 5) is 0.0210. The maximum absolute atomic E-state index is 12.4. The van der Waals surface area contributed by atoms with Gasteiger partial charge in [0.2, 0.25) is 10.0 Å². The molecule has 1 aromatic rings. The number of sulfonamides is 1. The molecule has 0 aliphatic carbocycles. The number of anilines is 1. The Balaban J connectivity index is 2.97. The van der Waals surface area contributed by atoms with Crippen molar-refractivity contribution < 1.29 is 13.2 Å². The van der Waals surface area contributed by atoms with Crippen molar-refractivity contribution in [1.29, 1.82) is 0 Å². The molecule has 1 rings (SSSR count). The molecule has 0 aromatic carbocycles. The molecule has 0 fully saturated rings. The largest absolute Gasteiger partial charge is 0.383 e. The van der Waals surface area contributed by atoms with Crippen LogP contribution < -0.4 is 10.5 Å². The molecule has 1 heterocycles. The Labute approximate surface area is 120 Å². The highest BCUT2D eigenvalue weighted by atomic mass is 32.2. The first kappa shape index (κ1) is 16.9. The maximum atomic E-state index is 12.4. The molecule has 0 amide bonds. The summed E-state index contributed by atoms with van der Waals surface area (Å²) >= 11 is 0. The van der Waals surface area contributed by atoms with Gasteiger partial charge < -0.3 is 10.5 Å². The highest BCUT2D eigenvalue weighted by molar-refractivity contribution is 7.89. The van der Waals surface area contributed by atoms with E-state index in [1.54, 1.807) is 4.68 Å². The number of nitrogens with one attached hydrogen (secondary N) is 1. The normalized spacial score (nSPS) is 13.8. The van der Waals surface area contributed by atoms with Gasteiger partial charge in [-0.05, 0) is 12.3 Å². The van der Waals surface area contributed by atoms with Gasteiger partial charge in [-0.3, -0.25) is 4.68 Å². The fraction of sp³-hybridized carbons (Fsp3) is 0.750. The Morgan fingerprint density at radius 1 is 1.50 bits per heavy atom. The molecule has 0 saturated heterocycles. The second-order valence-electron chi connectivity index (χ2n) is 5.07. The molecule has 0 saturated carbocycles. The van der Waals surface area contributed by atoms with Crippen LogP contribution in [0.5, 0.6) is 0 Å². The molecule has 116 valence electrons. The van der Waals surface area contributed by atoms with Crippen LogP contribution in [-0.2, 0) is 21.3 Å². The maximum Gasteiger partial charge on any atom is 0.246 e. The van der Waals surface area contributed by atoms with E-state index in [0.29, 0.717) is 13.2 Å². The molecular weight excluding hydrogens is 280 g/mol. The number of aromatic nitrogens is 2. The number of nitrogens with zero attached hydrogens (tertiary/aromatic N) is 2. The Bertz CT molecular complexity index is 525. The minimum absolute atomic E-state index is 0.0193. The topological polar surface area (TPSA) is 99.2 Å². The van der Waals surface area contributed by atoms with Crippen molar-refractivity contribution in [2.24, 2.45) is 5.92 Å². The summed E-state index contributed by atoms with van der Waals surface area (Å²) in [6.07, 6.45) is 2.32. The summed E-state index contributed by atoms with van der Waals surface area (Å²) in [5, 5.41) is 4.01. The predicted octanol–water partition coefficient (Wildman–Crippen LogP) is 0.825. The number of ether oxygens (including phenoxy) is 1. The van der Waals surface area contributed by atoms with Crippen LogP contribution in [0.2, 0.25) is 0 Å². The van der Waals surface area contributed by atoms with Crippen LogP contribution in [-0.4, -0.2) is 38.0 Å². The zero-order chi connectivity index (χ0) is 15.3. The number of rotatable bonds is 8. The van der Waals surface area contributed by atoms with Gasteiger partial charge >= 0.3 is 0 Å². The van der Waals surface area contributed by atoms with Crippen LogP contribution in [0.1, 0.15) is 27.2 Å². The molecule has 7 nitrogen and oxygen atoms in total. The van der Waals surface area contributed by atoms with Crippen molar-refractivity contribution in [1.82, 2.24) is 14.5 Å². The second kappa shape index (κ2) is 7.05. The summed E-state index contributed by atoms with van der Waals surface area (Å²) in [6.45, 7) is 6.77. The van der Waals surface area contributed by atoms with Gasteiger partial charge in [0.25, 0.3) is 0 Å². The van der Waals surface area contributed by atoms with Gasteiger partial charge in [0.1, 0.15) is 4.90 Å². The molecule has 1 aromatic heterocycles. The third-order valence-corrected chi connectivity index (χ3v) is 4.46. The predicted molar refractivity (Wildman–Crippen MR) is 77.8 cm³/mol. The van der Waals surface area contributed by atoms with Crippen LogP contribution in [0, 0.1) is 5.92 Å². The number of hydrogen-bond acceptors (Lipinski definition) is 5. The Morgan fingerprint density at radius 2 is 2.15 bits per heavy atom. The number of methoxy groups -OCH3 is 1. The van der Waals surface area contributed by atoms with E-state index in [-0.39, 0.29) is 22.7 Å². The van der Waals surface area contributed by atoms with Crippen molar-refractivity contribution in [3.63, 3.8) is 0 Å². The van der Waals surface area contributed by atoms with E-state index in [1.165, 1.54) is 13.3 Å². The van der Waals surface area contributed by atoms with Gasteiger partial charge in [-0.15, -0.1) is 0 Å². The molecular formula is C12H24N4O3S. The first-order valence-electron chi connectivity index (χ1n) is 6.66. The van der Waals surface area contributed by atoms with Crippen molar-refractivity contribution in [2.75, 3.05) is 19.5 Å². The van der Waals surface area contributed by atoms with E-state index < -0.39 is 10.0 Å². The van der Waals surface area contributed by atoms with Crippen LogP contribution in [0.15, 0.2) is 11.1 Å². The average molecular weight is 304 g/mol. The van der Waals surface area contributed by atoms with Crippen LogP contribution in [0.3, 0.4) is 0 Å². The van der Waals surface area contributed by atoms with Gasteiger partial charge in [0, 0.05) is 25.9 Å². The number of nitrogen functional groups attached to an aromatic ring is 1. The van der Waals surface area contributed by atoms with E-state index in [0.717, 1.165) is 6.42 Å². The number of nitrogens with two attached hydrogens (primary N) is 1. The van der Waals surface area contributed by atoms with Gasteiger partial charge in [0.15, 0.2) is 5.82 Å². The van der Waals surface area contributed by atoms with Crippen LogP contribution in [0.25, 0.3) is 0 Å². The smallest absolute Gasteiger partial charge is 0.246 e. The summed E-state index contributed by atoms with van der Waals surface area (Å²) in [5.41, 5.74) is 5.70. The lowest BCUT2D eigenvalue weighted by molar-refractivity contribution is 0.157. The average Bonchev–Trinajstić information content (AvgIpc) is 2.71. The zero-order valence-corrected chi connectivity index (χ0v) is 13.3. The Kier molecular flexibility index (Phi) is 5.97. The standard InChI is InChI=1S/C12H24N4O3S/c1-5-6-16-7-11(12(13)14-16)20(17,18)15-10(8-19-4)9(2)3/h7,9-10,15H,5-6,8H2,1-4H3,(H2,13,14). The summed E-state index contributed by atoms with van der Waals surface area (Å²) < 4.78 is 33.9. The minimum Gasteiger partial charge on any atom is -0.383 e. The van der Waals surface area contributed by atoms with Crippen molar-refractivity contribution in [2.45, 2.75) is 44.7 Å². The van der Waals surface area contributed by atoms with Crippen molar-refractivity contribution in [3.05, 3.63) is 6.20 Å². The molecule has 0 aliphatic heterocycles. The first-order valence-corrected chi connectivity index (χ1v) is 8.14. The lowest BCUT2D eigenvalue weighted by Gasteiger charge is -2.21. The summed E-state index contributed by atoms with van der Waals surface area (Å²) in [7, 11) is -2.15. The fourth-order valence-electron chi connectivity index (χ4n) is 1.77. The highest BCUT2D eigenvalue weighted by Crippen LogP contribution is 2.18. The van der Waals surface area contributed by atoms with E-state index >= 15 is 0 Å². The monoisotopic (exact) mass is 304 g/mol. The van der Waals surface area contributed by atoms with E-state index in [1.807, 2.05) is 20.8 Å². The third-order valence-electron chi connectivity index (χ3n) is 2.95. The second-order valence-corrected chi connectivity index (χ2v) is 6.75. The first-order chi connectivity index (χ1) is 9.31. The molecule has 8 heteroatoms. The number of hydrogen-bond donors (Lipinski definition) is 2. The molecule has 0 bridgehead atoms. The van der Waals surface area contributed by atoms with E-state index in [2.05, 4.69) is 9.82 Å².